The molecule has 0 spiro atoms. The Kier molecular flexibility index (Phi) is 4.85. The van der Waals surface area contributed by atoms with Crippen molar-refractivity contribution in [3.63, 3.8) is 0 Å². The fourth-order valence-corrected chi connectivity index (χ4v) is 1.34. The Morgan fingerprint density at radius 2 is 2.06 bits per heavy atom. The molecule has 1 unspecified atom stereocenters. The Bertz CT molecular complexity index is 427. The molecule has 0 saturated heterocycles. The van der Waals surface area contributed by atoms with Gasteiger partial charge in [-0.2, -0.15) is 8.78 Å². The van der Waals surface area contributed by atoms with Crippen molar-refractivity contribution in [3.05, 3.63) is 23.8 Å². The van der Waals surface area contributed by atoms with E-state index in [0.717, 1.165) is 0 Å². The first-order chi connectivity index (χ1) is 8.45. The lowest BCUT2D eigenvalue weighted by molar-refractivity contribution is -0.119. The van der Waals surface area contributed by atoms with E-state index >= 15 is 0 Å². The van der Waals surface area contributed by atoms with E-state index in [-0.39, 0.29) is 18.1 Å². The predicted octanol–water partition coefficient (Wildman–Crippen LogP) is 1.17. The number of alkyl halides is 2. The smallest absolute Gasteiger partial charge is 0.387 e. The third-order valence-corrected chi connectivity index (χ3v) is 2.15. The third kappa shape index (κ3) is 3.56. The summed E-state index contributed by atoms with van der Waals surface area (Å²) < 4.78 is 33.7. The van der Waals surface area contributed by atoms with Crippen LogP contribution in [0.4, 0.5) is 8.78 Å². The van der Waals surface area contributed by atoms with Crippen LogP contribution in [0, 0.1) is 0 Å². The summed E-state index contributed by atoms with van der Waals surface area (Å²) in [6.45, 7) is -1.01. The van der Waals surface area contributed by atoms with Crippen molar-refractivity contribution in [2.45, 2.75) is 19.6 Å². The van der Waals surface area contributed by atoms with Crippen LogP contribution in [0.3, 0.4) is 0 Å². The molecular formula is C11H14F2N2O3. The second kappa shape index (κ2) is 6.15. The molecule has 7 heteroatoms. The van der Waals surface area contributed by atoms with E-state index in [4.69, 9.17) is 16.2 Å². The van der Waals surface area contributed by atoms with Crippen molar-refractivity contribution in [2.24, 2.45) is 11.5 Å². The minimum absolute atomic E-state index is 0.0898. The molecule has 0 aromatic heterocycles. The van der Waals surface area contributed by atoms with Gasteiger partial charge < -0.3 is 20.9 Å². The number of rotatable bonds is 6. The fourth-order valence-electron chi connectivity index (χ4n) is 1.34. The van der Waals surface area contributed by atoms with Crippen LogP contribution in [0.5, 0.6) is 11.5 Å². The summed E-state index contributed by atoms with van der Waals surface area (Å²) in [6.07, 6.45) is 0. The van der Waals surface area contributed by atoms with Crippen molar-refractivity contribution >= 4 is 5.91 Å². The van der Waals surface area contributed by atoms with Crippen LogP contribution >= 0.6 is 0 Å². The third-order valence-electron chi connectivity index (χ3n) is 2.15. The second-order valence-electron chi connectivity index (χ2n) is 3.40. The molecule has 1 aromatic carbocycles. The van der Waals surface area contributed by atoms with Crippen LogP contribution in [-0.4, -0.2) is 19.1 Å². The number of halogens is 2. The average molecular weight is 260 g/mol. The summed E-state index contributed by atoms with van der Waals surface area (Å²) in [7, 11) is 0. The minimum Gasteiger partial charge on any atom is -0.490 e. The number of ether oxygens (including phenoxy) is 2. The van der Waals surface area contributed by atoms with Crippen LogP contribution < -0.4 is 20.9 Å². The number of amides is 1. The van der Waals surface area contributed by atoms with Gasteiger partial charge in [-0.25, -0.2) is 0 Å². The van der Waals surface area contributed by atoms with Crippen LogP contribution in [0.25, 0.3) is 0 Å². The maximum Gasteiger partial charge on any atom is 0.387 e. The minimum atomic E-state index is -2.96. The normalized spacial score (nSPS) is 12.3. The standard InChI is InChI=1S/C11H14F2N2O3/c1-2-17-8-5-6(9(14)10(15)16)3-4-7(8)18-11(12)13/h3-5,9,11H,2,14H2,1H3,(H2,15,16). The first-order valence-electron chi connectivity index (χ1n) is 5.22. The molecule has 100 valence electrons. The van der Waals surface area contributed by atoms with Gasteiger partial charge in [0.25, 0.3) is 0 Å². The number of hydrogen-bond donors (Lipinski definition) is 2. The highest BCUT2D eigenvalue weighted by Crippen LogP contribution is 2.31. The summed E-state index contributed by atoms with van der Waals surface area (Å²) >= 11 is 0. The lowest BCUT2D eigenvalue weighted by Gasteiger charge is -2.14. The van der Waals surface area contributed by atoms with Gasteiger partial charge in [0, 0.05) is 0 Å². The number of carbonyl (C=O) groups is 1. The highest BCUT2D eigenvalue weighted by atomic mass is 19.3. The molecule has 1 rings (SSSR count). The Morgan fingerprint density at radius 1 is 1.39 bits per heavy atom. The Labute approximate surface area is 103 Å². The van der Waals surface area contributed by atoms with E-state index in [2.05, 4.69) is 4.74 Å². The predicted molar refractivity (Wildman–Crippen MR) is 60.4 cm³/mol. The van der Waals surface area contributed by atoms with Crippen molar-refractivity contribution < 1.29 is 23.0 Å². The fraction of sp³-hybridized carbons (Fsp3) is 0.364. The summed E-state index contributed by atoms with van der Waals surface area (Å²) in [5, 5.41) is 0. The molecule has 0 heterocycles. The lowest BCUT2D eigenvalue weighted by atomic mass is 10.1. The zero-order valence-electron chi connectivity index (χ0n) is 9.73. The molecule has 0 aliphatic rings. The molecular weight excluding hydrogens is 246 g/mol. The Hall–Kier alpha value is -1.89. The van der Waals surface area contributed by atoms with Gasteiger partial charge in [-0.15, -0.1) is 0 Å². The molecule has 0 fully saturated rings. The average Bonchev–Trinajstić information content (AvgIpc) is 2.30. The van der Waals surface area contributed by atoms with E-state index in [9.17, 15) is 13.6 Å². The Balaban J connectivity index is 3.05. The molecule has 18 heavy (non-hydrogen) atoms. The number of primary amides is 1. The largest absolute Gasteiger partial charge is 0.490 e. The maximum absolute atomic E-state index is 12.2. The Morgan fingerprint density at radius 3 is 2.56 bits per heavy atom. The van der Waals surface area contributed by atoms with Gasteiger partial charge in [0.15, 0.2) is 11.5 Å². The van der Waals surface area contributed by atoms with Gasteiger partial charge >= 0.3 is 6.61 Å². The molecule has 4 N–H and O–H groups in total. The molecule has 1 atom stereocenters. The van der Waals surface area contributed by atoms with E-state index in [0.29, 0.717) is 5.56 Å². The SMILES string of the molecule is CCOc1cc(C(N)C(N)=O)ccc1OC(F)F. The monoisotopic (exact) mass is 260 g/mol. The summed E-state index contributed by atoms with van der Waals surface area (Å²) in [5.41, 5.74) is 11.0. The van der Waals surface area contributed by atoms with Gasteiger partial charge in [-0.05, 0) is 24.6 Å². The molecule has 1 aromatic rings. The molecule has 0 aliphatic heterocycles. The first kappa shape index (κ1) is 14.2. The molecule has 0 aliphatic carbocycles. The van der Waals surface area contributed by atoms with E-state index < -0.39 is 18.6 Å². The maximum atomic E-state index is 12.2. The number of benzene rings is 1. The summed E-state index contributed by atoms with van der Waals surface area (Å²) in [6, 6.07) is 2.98. The number of hydrogen-bond acceptors (Lipinski definition) is 4. The first-order valence-corrected chi connectivity index (χ1v) is 5.22. The quantitative estimate of drug-likeness (QED) is 0.803. The van der Waals surface area contributed by atoms with E-state index in [1.807, 2.05) is 0 Å². The highest BCUT2D eigenvalue weighted by Gasteiger charge is 2.17. The van der Waals surface area contributed by atoms with Crippen molar-refractivity contribution in [1.82, 2.24) is 0 Å². The highest BCUT2D eigenvalue weighted by molar-refractivity contribution is 5.81. The zero-order valence-corrected chi connectivity index (χ0v) is 9.73. The lowest BCUT2D eigenvalue weighted by Crippen LogP contribution is -2.28. The summed E-state index contributed by atoms with van der Waals surface area (Å²) in [5.74, 6) is -0.751. The van der Waals surface area contributed by atoms with Gasteiger partial charge in [0.1, 0.15) is 6.04 Å². The van der Waals surface area contributed by atoms with Gasteiger partial charge in [-0.1, -0.05) is 6.07 Å². The zero-order chi connectivity index (χ0) is 13.7. The summed E-state index contributed by atoms with van der Waals surface area (Å²) in [4.78, 5) is 10.9. The van der Waals surface area contributed by atoms with Crippen LogP contribution in [-0.2, 0) is 4.79 Å². The van der Waals surface area contributed by atoms with Crippen molar-refractivity contribution in [2.75, 3.05) is 6.61 Å². The van der Waals surface area contributed by atoms with Gasteiger partial charge in [0.2, 0.25) is 5.91 Å². The van der Waals surface area contributed by atoms with Crippen molar-refractivity contribution in [3.8, 4) is 11.5 Å². The van der Waals surface area contributed by atoms with E-state index in [1.54, 1.807) is 6.92 Å². The molecule has 1 amide bonds. The van der Waals surface area contributed by atoms with Gasteiger partial charge in [0.05, 0.1) is 6.61 Å². The molecule has 5 nitrogen and oxygen atoms in total. The van der Waals surface area contributed by atoms with Crippen LogP contribution in [0.1, 0.15) is 18.5 Å². The van der Waals surface area contributed by atoms with Crippen LogP contribution in [0.2, 0.25) is 0 Å². The van der Waals surface area contributed by atoms with Crippen molar-refractivity contribution in [1.29, 1.82) is 0 Å². The van der Waals surface area contributed by atoms with E-state index in [1.165, 1.54) is 18.2 Å². The number of nitrogens with two attached hydrogens (primary N) is 2. The number of carbonyl (C=O) groups excluding carboxylic acids is 1. The second-order valence-corrected chi connectivity index (χ2v) is 3.40. The van der Waals surface area contributed by atoms with Crippen LogP contribution in [0.15, 0.2) is 18.2 Å². The topological polar surface area (TPSA) is 87.6 Å². The molecule has 0 radical (unpaired) electrons. The van der Waals surface area contributed by atoms with Gasteiger partial charge in [-0.3, -0.25) is 4.79 Å². The molecule has 0 saturated carbocycles. The molecule has 0 bridgehead atoms.